The maximum absolute atomic E-state index is 6.11. The fourth-order valence-corrected chi connectivity index (χ4v) is 2.57. The zero-order chi connectivity index (χ0) is 18.1. The van der Waals surface area contributed by atoms with E-state index >= 15 is 0 Å². The summed E-state index contributed by atoms with van der Waals surface area (Å²) in [5, 5.41) is 0. The quantitative estimate of drug-likeness (QED) is 0.630. The van der Waals surface area contributed by atoms with Gasteiger partial charge in [0.15, 0.2) is 0 Å². The average Bonchev–Trinajstić information content (AvgIpc) is 2.81. The largest absolute Gasteiger partial charge is 0.497 e. The Kier molecular flexibility index (Phi) is 4.72. The minimum atomic E-state index is -0.374. The lowest BCUT2D eigenvalue weighted by atomic mass is 9.79. The summed E-state index contributed by atoms with van der Waals surface area (Å²) in [4.78, 5) is 4.56. The molecule has 25 heavy (non-hydrogen) atoms. The summed E-state index contributed by atoms with van der Waals surface area (Å²) >= 11 is 0. The first-order valence-corrected chi connectivity index (χ1v) is 8.44. The predicted molar refractivity (Wildman–Crippen MR) is 102 cm³/mol. The highest BCUT2D eigenvalue weighted by Gasteiger charge is 2.51. The Bertz CT molecular complexity index is 753. The molecule has 1 fully saturated rings. The SMILES string of the molecule is COc1ccc(C=Nc2cccc(B3OC(C)(C)C(C)(C)O3)c2)cc1. The number of nitrogens with zero attached hydrogens (tertiary/aromatic N) is 1. The highest BCUT2D eigenvalue weighted by Crippen LogP contribution is 2.36. The van der Waals surface area contributed by atoms with Crippen molar-refractivity contribution in [1.82, 2.24) is 0 Å². The zero-order valence-corrected chi connectivity index (χ0v) is 15.4. The molecule has 0 N–H and O–H groups in total. The van der Waals surface area contributed by atoms with Crippen LogP contribution in [0.15, 0.2) is 53.5 Å². The van der Waals surface area contributed by atoms with E-state index in [9.17, 15) is 0 Å². The van der Waals surface area contributed by atoms with Crippen molar-refractivity contribution in [1.29, 1.82) is 0 Å². The van der Waals surface area contributed by atoms with Gasteiger partial charge in [-0.1, -0.05) is 12.1 Å². The molecule has 2 aromatic carbocycles. The summed E-state index contributed by atoms with van der Waals surface area (Å²) in [6.07, 6.45) is 1.84. The molecule has 5 heteroatoms. The Morgan fingerprint density at radius 1 is 0.960 bits per heavy atom. The van der Waals surface area contributed by atoms with E-state index in [1.807, 2.05) is 54.7 Å². The molecule has 1 aliphatic heterocycles. The molecule has 0 aromatic heterocycles. The molecular formula is C20H24BNO3. The molecule has 0 atom stereocenters. The van der Waals surface area contributed by atoms with Gasteiger partial charge in [-0.05, 0) is 75.1 Å². The lowest BCUT2D eigenvalue weighted by Crippen LogP contribution is -2.41. The molecule has 1 heterocycles. The van der Waals surface area contributed by atoms with Crippen LogP contribution in [0.25, 0.3) is 0 Å². The van der Waals surface area contributed by atoms with Crippen molar-refractivity contribution in [2.24, 2.45) is 4.99 Å². The first-order valence-electron chi connectivity index (χ1n) is 8.44. The fourth-order valence-electron chi connectivity index (χ4n) is 2.57. The van der Waals surface area contributed by atoms with E-state index in [1.165, 1.54) is 0 Å². The molecule has 0 unspecified atom stereocenters. The Hall–Kier alpha value is -2.11. The van der Waals surface area contributed by atoms with Gasteiger partial charge in [0.1, 0.15) is 5.75 Å². The van der Waals surface area contributed by atoms with E-state index in [4.69, 9.17) is 14.0 Å². The van der Waals surface area contributed by atoms with Crippen LogP contribution >= 0.6 is 0 Å². The maximum Gasteiger partial charge on any atom is 0.494 e. The van der Waals surface area contributed by atoms with Gasteiger partial charge < -0.3 is 14.0 Å². The smallest absolute Gasteiger partial charge is 0.494 e. The molecule has 3 rings (SSSR count). The molecule has 1 aliphatic rings. The second-order valence-corrected chi connectivity index (χ2v) is 7.21. The van der Waals surface area contributed by atoms with Gasteiger partial charge in [0.2, 0.25) is 0 Å². The van der Waals surface area contributed by atoms with Crippen LogP contribution in [-0.4, -0.2) is 31.6 Å². The van der Waals surface area contributed by atoms with Crippen LogP contribution in [0.1, 0.15) is 33.3 Å². The number of hydrogen-bond acceptors (Lipinski definition) is 4. The lowest BCUT2D eigenvalue weighted by molar-refractivity contribution is 0.00578. The first-order chi connectivity index (χ1) is 11.8. The van der Waals surface area contributed by atoms with Crippen molar-refractivity contribution >= 4 is 24.5 Å². The van der Waals surface area contributed by atoms with E-state index in [0.29, 0.717) is 0 Å². The van der Waals surface area contributed by atoms with E-state index in [-0.39, 0.29) is 18.3 Å². The van der Waals surface area contributed by atoms with Gasteiger partial charge in [-0.2, -0.15) is 0 Å². The van der Waals surface area contributed by atoms with E-state index < -0.39 is 0 Å². The lowest BCUT2D eigenvalue weighted by Gasteiger charge is -2.32. The minimum absolute atomic E-state index is 0.347. The third-order valence-electron chi connectivity index (χ3n) is 4.87. The third kappa shape index (κ3) is 3.78. The van der Waals surface area contributed by atoms with Crippen LogP contribution < -0.4 is 10.2 Å². The number of hydrogen-bond donors (Lipinski definition) is 0. The maximum atomic E-state index is 6.11. The molecular weight excluding hydrogens is 313 g/mol. The number of methoxy groups -OCH3 is 1. The van der Waals surface area contributed by atoms with Gasteiger partial charge in [-0.15, -0.1) is 0 Å². The molecule has 4 nitrogen and oxygen atoms in total. The molecule has 1 saturated heterocycles. The predicted octanol–water partition coefficient (Wildman–Crippen LogP) is 3.75. The standard InChI is InChI=1S/C20H24BNO3/c1-19(2)20(3,4)25-21(24-19)16-7-6-8-17(13-16)22-14-15-9-11-18(23-5)12-10-15/h6-14H,1-5H3. The highest BCUT2D eigenvalue weighted by atomic mass is 16.7. The van der Waals surface area contributed by atoms with Gasteiger partial charge in [0, 0.05) is 6.21 Å². The number of ether oxygens (including phenoxy) is 1. The fraction of sp³-hybridized carbons (Fsp3) is 0.350. The topological polar surface area (TPSA) is 40.0 Å². The minimum Gasteiger partial charge on any atom is -0.497 e. The van der Waals surface area contributed by atoms with Crippen molar-refractivity contribution in [3.8, 4) is 5.75 Å². The number of benzene rings is 2. The number of aliphatic imine (C=N–C) groups is 1. The zero-order valence-electron chi connectivity index (χ0n) is 15.4. The molecule has 0 saturated carbocycles. The molecule has 0 spiro atoms. The highest BCUT2D eigenvalue weighted by molar-refractivity contribution is 6.62. The summed E-state index contributed by atoms with van der Waals surface area (Å²) in [5.41, 5.74) is 2.16. The van der Waals surface area contributed by atoms with E-state index in [2.05, 4.69) is 32.7 Å². The van der Waals surface area contributed by atoms with Crippen molar-refractivity contribution in [3.63, 3.8) is 0 Å². The molecule has 0 radical (unpaired) electrons. The van der Waals surface area contributed by atoms with Crippen LogP contribution in [0.2, 0.25) is 0 Å². The van der Waals surface area contributed by atoms with Crippen LogP contribution in [0.3, 0.4) is 0 Å². The monoisotopic (exact) mass is 337 g/mol. The van der Waals surface area contributed by atoms with Crippen molar-refractivity contribution in [2.75, 3.05) is 7.11 Å². The summed E-state index contributed by atoms with van der Waals surface area (Å²) in [5.74, 6) is 0.833. The van der Waals surface area contributed by atoms with E-state index in [1.54, 1.807) is 7.11 Å². The van der Waals surface area contributed by atoms with Crippen LogP contribution in [0.4, 0.5) is 5.69 Å². The van der Waals surface area contributed by atoms with Crippen LogP contribution in [0.5, 0.6) is 5.75 Å². The molecule has 130 valence electrons. The Morgan fingerprint density at radius 2 is 1.60 bits per heavy atom. The Labute approximate surface area is 150 Å². The van der Waals surface area contributed by atoms with Gasteiger partial charge in [0.05, 0.1) is 24.0 Å². The first kappa shape index (κ1) is 17.7. The van der Waals surface area contributed by atoms with Crippen molar-refractivity contribution in [3.05, 3.63) is 54.1 Å². The van der Waals surface area contributed by atoms with Gasteiger partial charge in [0.25, 0.3) is 0 Å². The second kappa shape index (κ2) is 6.66. The van der Waals surface area contributed by atoms with E-state index in [0.717, 1.165) is 22.5 Å². The van der Waals surface area contributed by atoms with Gasteiger partial charge in [-0.25, -0.2) is 0 Å². The summed E-state index contributed by atoms with van der Waals surface area (Å²) in [6.45, 7) is 8.22. The summed E-state index contributed by atoms with van der Waals surface area (Å²) < 4.78 is 17.4. The average molecular weight is 337 g/mol. The molecule has 0 amide bonds. The Balaban J connectivity index is 1.77. The summed E-state index contributed by atoms with van der Waals surface area (Å²) in [6, 6.07) is 15.7. The van der Waals surface area contributed by atoms with Gasteiger partial charge >= 0.3 is 7.12 Å². The molecule has 2 aromatic rings. The molecule has 0 aliphatic carbocycles. The Morgan fingerprint density at radius 3 is 2.20 bits per heavy atom. The third-order valence-corrected chi connectivity index (χ3v) is 4.87. The normalized spacial score (nSPS) is 18.7. The molecule has 0 bridgehead atoms. The van der Waals surface area contributed by atoms with Crippen LogP contribution in [0, 0.1) is 0 Å². The van der Waals surface area contributed by atoms with Crippen molar-refractivity contribution < 1.29 is 14.0 Å². The second-order valence-electron chi connectivity index (χ2n) is 7.21. The number of rotatable bonds is 4. The van der Waals surface area contributed by atoms with Gasteiger partial charge in [-0.3, -0.25) is 4.99 Å². The van der Waals surface area contributed by atoms with Crippen LogP contribution in [-0.2, 0) is 9.31 Å². The summed E-state index contributed by atoms with van der Waals surface area (Å²) in [7, 11) is 1.28. The van der Waals surface area contributed by atoms with Crippen molar-refractivity contribution in [2.45, 2.75) is 38.9 Å².